The molecular formula is C67H71N3O. The van der Waals surface area contributed by atoms with Crippen LogP contribution in [0.3, 0.4) is 0 Å². The number of nitrogens with zero attached hydrogens (tertiary/aromatic N) is 3. The average molecular weight is 935 g/mol. The summed E-state index contributed by atoms with van der Waals surface area (Å²) in [6.07, 6.45) is 1.92. The zero-order chi connectivity index (χ0) is 51.7. The number of imidazole rings is 1. The molecule has 360 valence electrons. The molecule has 0 radical (unpaired) electrons. The Kier molecular flexibility index (Phi) is 12.3. The van der Waals surface area contributed by atoms with Crippen LogP contribution in [0.2, 0.25) is 0 Å². The fourth-order valence-electron chi connectivity index (χ4n) is 9.75. The highest BCUT2D eigenvalue weighted by Gasteiger charge is 2.30. The number of hydrogen-bond donors (Lipinski definition) is 1. The number of benzene rings is 7. The molecule has 0 aliphatic carbocycles. The maximum absolute atomic E-state index is 12.8. The van der Waals surface area contributed by atoms with Gasteiger partial charge in [0.1, 0.15) is 11.6 Å². The Morgan fingerprint density at radius 3 is 1.65 bits per heavy atom. The summed E-state index contributed by atoms with van der Waals surface area (Å²) < 4.78 is 11.8. The van der Waals surface area contributed by atoms with Gasteiger partial charge in [-0.1, -0.05) is 206 Å². The third-order valence-electron chi connectivity index (χ3n) is 14.0. The molecule has 4 heteroatoms. The lowest BCUT2D eigenvalue weighted by Crippen LogP contribution is -2.17. The molecule has 0 unspecified atom stereocenters. The van der Waals surface area contributed by atoms with Crippen molar-refractivity contribution < 1.29 is 6.48 Å². The second-order valence-corrected chi connectivity index (χ2v) is 23.8. The summed E-state index contributed by atoms with van der Waals surface area (Å²) in [6.45, 7) is 30.6. The van der Waals surface area contributed by atoms with E-state index >= 15 is 0 Å². The average Bonchev–Trinajstić information content (AvgIpc) is 3.72. The van der Waals surface area contributed by atoms with Crippen molar-refractivity contribution in [2.45, 2.75) is 124 Å². The minimum absolute atomic E-state index is 0.0662. The van der Waals surface area contributed by atoms with Crippen molar-refractivity contribution in [2.75, 3.05) is 0 Å². The highest BCUT2D eigenvalue weighted by Crippen LogP contribution is 2.47. The predicted octanol–water partition coefficient (Wildman–Crippen LogP) is 18.4. The summed E-state index contributed by atoms with van der Waals surface area (Å²) in [6, 6.07) is 56.2. The Balaban J connectivity index is 1.38. The van der Waals surface area contributed by atoms with E-state index in [9.17, 15) is 6.48 Å². The van der Waals surface area contributed by atoms with E-state index in [1.54, 1.807) is 0 Å². The highest BCUT2D eigenvalue weighted by molar-refractivity contribution is 5.98. The van der Waals surface area contributed by atoms with Crippen LogP contribution in [0.1, 0.15) is 132 Å². The van der Waals surface area contributed by atoms with Crippen molar-refractivity contribution in [3.8, 4) is 78.6 Å². The number of aromatic hydroxyl groups is 1. The summed E-state index contributed by atoms with van der Waals surface area (Å²) in [5.41, 5.74) is 18.1. The SMILES string of the molecule is [2H]C(C)(C)c1cc(-c2ccccc2)c(-n2c(-c3cc(C(C)(C)C)cc(C(C)(C)C)c3O)nc3c(-c4cc(-c5cc(-c6ccc(C(C)(C)C)cc6)ccn5)cc(C(C)(C)C)c4)cccc32)cc1-c1ccccc1. The van der Waals surface area contributed by atoms with E-state index in [0.717, 1.165) is 89.2 Å². The Hall–Kier alpha value is -7.04. The molecule has 0 amide bonds. The van der Waals surface area contributed by atoms with Gasteiger partial charge in [0, 0.05) is 29.8 Å². The summed E-state index contributed by atoms with van der Waals surface area (Å²) in [5, 5.41) is 12.8. The van der Waals surface area contributed by atoms with Crippen LogP contribution in [0.5, 0.6) is 5.75 Å². The second-order valence-electron chi connectivity index (χ2n) is 23.8. The molecule has 0 bridgehead atoms. The molecular weight excluding hydrogens is 863 g/mol. The third-order valence-corrected chi connectivity index (χ3v) is 14.0. The van der Waals surface area contributed by atoms with Gasteiger partial charge in [0.25, 0.3) is 0 Å². The van der Waals surface area contributed by atoms with E-state index < -0.39 is 5.89 Å². The zero-order valence-electron chi connectivity index (χ0n) is 45.4. The molecule has 0 aliphatic rings. The number of phenols is 1. The summed E-state index contributed by atoms with van der Waals surface area (Å²) >= 11 is 0. The first-order valence-electron chi connectivity index (χ1n) is 25.7. The Bertz CT molecular complexity index is 3460. The van der Waals surface area contributed by atoms with Crippen LogP contribution in [0.15, 0.2) is 164 Å². The van der Waals surface area contributed by atoms with Crippen LogP contribution in [-0.2, 0) is 21.7 Å². The first-order valence-corrected chi connectivity index (χ1v) is 25.2. The normalized spacial score (nSPS) is 12.9. The minimum Gasteiger partial charge on any atom is -0.507 e. The van der Waals surface area contributed by atoms with Gasteiger partial charge < -0.3 is 5.11 Å². The van der Waals surface area contributed by atoms with Crippen LogP contribution in [0, 0.1) is 0 Å². The molecule has 0 saturated carbocycles. The monoisotopic (exact) mass is 935 g/mol. The maximum Gasteiger partial charge on any atom is 0.149 e. The molecule has 0 atom stereocenters. The van der Waals surface area contributed by atoms with Crippen LogP contribution in [-0.4, -0.2) is 19.6 Å². The molecule has 71 heavy (non-hydrogen) atoms. The van der Waals surface area contributed by atoms with Crippen LogP contribution >= 0.6 is 0 Å². The lowest BCUT2D eigenvalue weighted by molar-refractivity contribution is 0.446. The number of pyridine rings is 1. The number of rotatable bonds is 8. The van der Waals surface area contributed by atoms with Crippen molar-refractivity contribution in [2.24, 2.45) is 0 Å². The number of aromatic nitrogens is 3. The van der Waals surface area contributed by atoms with Gasteiger partial charge in [-0.25, -0.2) is 4.98 Å². The lowest BCUT2D eigenvalue weighted by atomic mass is 9.79. The molecule has 9 aromatic rings. The van der Waals surface area contributed by atoms with Crippen molar-refractivity contribution in [1.82, 2.24) is 14.5 Å². The summed E-state index contributed by atoms with van der Waals surface area (Å²) in [5.74, 6) is -0.0693. The third kappa shape index (κ3) is 9.74. The van der Waals surface area contributed by atoms with Crippen LogP contribution < -0.4 is 0 Å². The molecule has 2 heterocycles. The van der Waals surface area contributed by atoms with Gasteiger partial charge in [-0.2, -0.15) is 0 Å². The van der Waals surface area contributed by atoms with Gasteiger partial charge in [-0.05, 0) is 132 Å². The van der Waals surface area contributed by atoms with E-state index in [4.69, 9.17) is 9.97 Å². The largest absolute Gasteiger partial charge is 0.507 e. The summed E-state index contributed by atoms with van der Waals surface area (Å²) in [7, 11) is 0. The molecule has 0 fully saturated rings. The fourth-order valence-corrected chi connectivity index (χ4v) is 9.75. The van der Waals surface area contributed by atoms with Gasteiger partial charge in [0.2, 0.25) is 0 Å². The van der Waals surface area contributed by atoms with Gasteiger partial charge >= 0.3 is 0 Å². The number of fused-ring (bicyclic) bond motifs is 1. The van der Waals surface area contributed by atoms with Crippen molar-refractivity contribution in [3.63, 3.8) is 0 Å². The number of hydrogen-bond acceptors (Lipinski definition) is 3. The smallest absolute Gasteiger partial charge is 0.149 e. The Labute approximate surface area is 425 Å². The fraction of sp³-hybridized carbons (Fsp3) is 0.284. The number of phenolic OH excluding ortho intramolecular Hbond substituents is 1. The van der Waals surface area contributed by atoms with E-state index in [1.807, 2.05) is 32.2 Å². The molecule has 0 saturated heterocycles. The summed E-state index contributed by atoms with van der Waals surface area (Å²) in [4.78, 5) is 10.8. The highest BCUT2D eigenvalue weighted by atomic mass is 16.3. The van der Waals surface area contributed by atoms with Crippen molar-refractivity contribution in [1.29, 1.82) is 0 Å². The number of para-hydroxylation sites is 1. The maximum atomic E-state index is 12.8. The van der Waals surface area contributed by atoms with E-state index in [2.05, 4.69) is 233 Å². The van der Waals surface area contributed by atoms with Crippen LogP contribution in [0.4, 0.5) is 0 Å². The first-order chi connectivity index (χ1) is 33.8. The van der Waals surface area contributed by atoms with Gasteiger partial charge in [0.05, 0.1) is 28.0 Å². The molecule has 0 spiro atoms. The molecule has 7 aromatic carbocycles. The molecule has 9 rings (SSSR count). The van der Waals surface area contributed by atoms with Crippen molar-refractivity contribution >= 4 is 11.0 Å². The zero-order valence-corrected chi connectivity index (χ0v) is 44.4. The topological polar surface area (TPSA) is 50.9 Å². The van der Waals surface area contributed by atoms with Gasteiger partial charge in [-0.3, -0.25) is 9.55 Å². The standard InChI is InChI=1S/C67H71N3O/c1-42(2)53-40-55(45-24-19-16-20-25-45)60(41-54(53)44-22-17-15-18-23-44)70-59-27-21-26-52(61(59)69-63(70)56-38-51(66(9,10)11)39-57(62(56)71)67(12,13)14)47-34-48(36-50(35-47)65(6,7)8)58-37-46(32-33-68-58)43-28-30-49(31-29-43)64(3,4)5/h15-42,71H,1-14H3/i42D. The molecule has 1 N–H and O–H groups in total. The predicted molar refractivity (Wildman–Crippen MR) is 302 cm³/mol. The molecule has 4 nitrogen and oxygen atoms in total. The minimum atomic E-state index is -0.928. The van der Waals surface area contributed by atoms with E-state index in [0.29, 0.717) is 11.4 Å². The van der Waals surface area contributed by atoms with Gasteiger partial charge in [0.15, 0.2) is 0 Å². The second kappa shape index (κ2) is 18.3. The first kappa shape index (κ1) is 47.6. The van der Waals surface area contributed by atoms with Crippen LogP contribution in [0.25, 0.3) is 83.9 Å². The van der Waals surface area contributed by atoms with Crippen molar-refractivity contribution in [3.05, 3.63) is 192 Å². The van der Waals surface area contributed by atoms with Gasteiger partial charge in [-0.15, -0.1) is 0 Å². The quantitative estimate of drug-likeness (QED) is 0.165. The molecule has 0 aliphatic heterocycles. The van der Waals surface area contributed by atoms with E-state index in [1.165, 1.54) is 11.1 Å². The Morgan fingerprint density at radius 2 is 1.06 bits per heavy atom. The molecule has 2 aromatic heterocycles. The van der Waals surface area contributed by atoms with E-state index in [-0.39, 0.29) is 27.4 Å². The Morgan fingerprint density at radius 1 is 0.465 bits per heavy atom. The lowest BCUT2D eigenvalue weighted by Gasteiger charge is -2.28.